The van der Waals surface area contributed by atoms with E-state index in [1.165, 1.54) is 24.4 Å². The summed E-state index contributed by atoms with van der Waals surface area (Å²) >= 11 is 0. The van der Waals surface area contributed by atoms with Crippen molar-refractivity contribution in [2.45, 2.75) is 6.92 Å². The van der Waals surface area contributed by atoms with Crippen molar-refractivity contribution >= 4 is 28.5 Å². The van der Waals surface area contributed by atoms with Crippen LogP contribution in [-0.4, -0.2) is 26.7 Å². The van der Waals surface area contributed by atoms with Gasteiger partial charge in [0, 0.05) is 6.54 Å². The largest absolute Gasteiger partial charge is 0.354 e. The van der Waals surface area contributed by atoms with Crippen LogP contribution >= 0.6 is 0 Å². The Morgan fingerprint density at radius 3 is 2.67 bits per heavy atom. The van der Waals surface area contributed by atoms with E-state index in [0.717, 1.165) is 0 Å². The molecule has 0 fully saturated rings. The van der Waals surface area contributed by atoms with Crippen LogP contribution < -0.4 is 10.6 Å². The van der Waals surface area contributed by atoms with Crippen LogP contribution in [0, 0.1) is 11.6 Å². The van der Waals surface area contributed by atoms with Crippen molar-refractivity contribution in [3.8, 4) is 0 Å². The summed E-state index contributed by atoms with van der Waals surface area (Å²) in [6, 6.07) is 3.64. The summed E-state index contributed by atoms with van der Waals surface area (Å²) in [6.45, 7) is 2.51. The number of hydrogen-bond donors (Lipinski definition) is 3. The lowest BCUT2D eigenvalue weighted by Gasteiger charge is -2.10. The number of hydrogen-bond acceptors (Lipinski definition) is 5. The highest BCUT2D eigenvalue weighted by molar-refractivity contribution is 5.89. The van der Waals surface area contributed by atoms with Crippen molar-refractivity contribution < 1.29 is 8.78 Å². The van der Waals surface area contributed by atoms with Crippen LogP contribution in [0.3, 0.4) is 0 Å². The van der Waals surface area contributed by atoms with Crippen molar-refractivity contribution in [3.05, 3.63) is 36.0 Å². The molecule has 0 unspecified atom stereocenters. The first-order chi connectivity index (χ1) is 10.2. The molecule has 2 aromatic heterocycles. The number of fused-ring (bicyclic) bond motifs is 1. The Kier molecular flexibility index (Phi) is 3.35. The normalized spacial score (nSPS) is 10.8. The molecule has 1 aromatic carbocycles. The van der Waals surface area contributed by atoms with E-state index in [-0.39, 0.29) is 11.5 Å². The van der Waals surface area contributed by atoms with Gasteiger partial charge in [0.15, 0.2) is 5.65 Å². The first-order valence-corrected chi connectivity index (χ1v) is 6.35. The molecule has 0 bridgehead atoms. The van der Waals surface area contributed by atoms with E-state index in [1.54, 1.807) is 0 Å². The SMILES string of the molecule is CCNc1nc(Nc2c(F)cccc2F)c2cn[nH]c2n1. The molecular weight excluding hydrogens is 278 g/mol. The molecule has 0 aliphatic heterocycles. The summed E-state index contributed by atoms with van der Waals surface area (Å²) < 4.78 is 27.5. The summed E-state index contributed by atoms with van der Waals surface area (Å²) in [6.07, 6.45) is 1.49. The molecule has 3 aromatic rings. The fourth-order valence-electron chi connectivity index (χ4n) is 1.90. The van der Waals surface area contributed by atoms with Crippen LogP contribution in [0.2, 0.25) is 0 Å². The summed E-state index contributed by atoms with van der Waals surface area (Å²) in [5.74, 6) is -0.785. The van der Waals surface area contributed by atoms with Gasteiger partial charge in [-0.2, -0.15) is 15.1 Å². The minimum absolute atomic E-state index is 0.263. The quantitative estimate of drug-likeness (QED) is 0.688. The van der Waals surface area contributed by atoms with Gasteiger partial charge < -0.3 is 10.6 Å². The van der Waals surface area contributed by atoms with E-state index in [9.17, 15) is 8.78 Å². The van der Waals surface area contributed by atoms with Crippen LogP contribution in [0.25, 0.3) is 11.0 Å². The van der Waals surface area contributed by atoms with Gasteiger partial charge in [-0.1, -0.05) is 6.07 Å². The molecule has 0 aliphatic carbocycles. The smallest absolute Gasteiger partial charge is 0.226 e. The van der Waals surface area contributed by atoms with E-state index in [1.807, 2.05) is 6.92 Å². The van der Waals surface area contributed by atoms with Crippen molar-refractivity contribution in [1.29, 1.82) is 0 Å². The molecule has 108 valence electrons. The molecule has 8 heteroatoms. The number of anilines is 3. The fraction of sp³-hybridized carbons (Fsp3) is 0.154. The van der Waals surface area contributed by atoms with Gasteiger partial charge in [0.25, 0.3) is 0 Å². The highest BCUT2D eigenvalue weighted by Crippen LogP contribution is 2.27. The maximum atomic E-state index is 13.7. The predicted molar refractivity (Wildman–Crippen MR) is 75.5 cm³/mol. The zero-order valence-corrected chi connectivity index (χ0v) is 11.1. The molecule has 0 atom stereocenters. The third-order valence-corrected chi connectivity index (χ3v) is 2.85. The van der Waals surface area contributed by atoms with Gasteiger partial charge in [-0.3, -0.25) is 5.10 Å². The highest BCUT2D eigenvalue weighted by Gasteiger charge is 2.14. The third kappa shape index (κ3) is 2.47. The lowest BCUT2D eigenvalue weighted by atomic mass is 10.2. The van der Waals surface area contributed by atoms with E-state index in [4.69, 9.17) is 0 Å². The van der Waals surface area contributed by atoms with E-state index in [0.29, 0.717) is 23.5 Å². The first kappa shape index (κ1) is 13.2. The number of nitrogens with one attached hydrogen (secondary N) is 3. The van der Waals surface area contributed by atoms with Crippen molar-refractivity contribution in [3.63, 3.8) is 0 Å². The standard InChI is InChI=1S/C13H12F2N6/c1-2-16-13-19-11(7-6-17-21-12(7)20-13)18-10-8(14)4-3-5-9(10)15/h3-6H,2H2,1H3,(H3,16,17,18,19,20,21). The Morgan fingerprint density at radius 1 is 1.19 bits per heavy atom. The van der Waals surface area contributed by atoms with Gasteiger partial charge >= 0.3 is 0 Å². The molecule has 6 nitrogen and oxygen atoms in total. The number of aromatic nitrogens is 4. The minimum atomic E-state index is -0.699. The molecule has 0 aliphatic rings. The Labute approximate surface area is 118 Å². The predicted octanol–water partition coefficient (Wildman–Crippen LogP) is 2.81. The lowest BCUT2D eigenvalue weighted by Crippen LogP contribution is -2.06. The molecule has 0 spiro atoms. The number of aromatic amines is 1. The van der Waals surface area contributed by atoms with Gasteiger partial charge in [-0.15, -0.1) is 0 Å². The number of para-hydroxylation sites is 1. The second kappa shape index (κ2) is 5.31. The van der Waals surface area contributed by atoms with Gasteiger partial charge in [0.2, 0.25) is 5.95 Å². The average Bonchev–Trinajstić information content (AvgIpc) is 2.92. The summed E-state index contributed by atoms with van der Waals surface area (Å²) in [5, 5.41) is 12.7. The number of benzene rings is 1. The van der Waals surface area contributed by atoms with E-state index in [2.05, 4.69) is 30.8 Å². The Morgan fingerprint density at radius 2 is 1.95 bits per heavy atom. The summed E-state index contributed by atoms with van der Waals surface area (Å²) in [7, 11) is 0. The molecule has 3 rings (SSSR count). The molecule has 21 heavy (non-hydrogen) atoms. The lowest BCUT2D eigenvalue weighted by molar-refractivity contribution is 0.590. The molecule has 2 heterocycles. The molecule has 0 saturated heterocycles. The summed E-state index contributed by atoms with van der Waals surface area (Å²) in [5.41, 5.74) is 0.210. The summed E-state index contributed by atoms with van der Waals surface area (Å²) in [4.78, 5) is 8.42. The van der Waals surface area contributed by atoms with E-state index < -0.39 is 11.6 Å². The Bertz CT molecular complexity index is 765. The second-order valence-electron chi connectivity index (χ2n) is 4.28. The van der Waals surface area contributed by atoms with Gasteiger partial charge in [-0.25, -0.2) is 8.78 Å². The van der Waals surface area contributed by atoms with Crippen molar-refractivity contribution in [1.82, 2.24) is 20.2 Å². The molecule has 0 radical (unpaired) electrons. The number of rotatable bonds is 4. The number of H-pyrrole nitrogens is 1. The number of nitrogens with zero attached hydrogens (tertiary/aromatic N) is 3. The molecule has 3 N–H and O–H groups in total. The van der Waals surface area contributed by atoms with Crippen LogP contribution in [0.4, 0.5) is 26.2 Å². The van der Waals surface area contributed by atoms with E-state index >= 15 is 0 Å². The van der Waals surface area contributed by atoms with Crippen molar-refractivity contribution in [2.24, 2.45) is 0 Å². The minimum Gasteiger partial charge on any atom is -0.354 e. The van der Waals surface area contributed by atoms with Crippen LogP contribution in [0.5, 0.6) is 0 Å². The Hall–Kier alpha value is -2.77. The first-order valence-electron chi connectivity index (χ1n) is 6.35. The van der Waals surface area contributed by atoms with Gasteiger partial charge in [0.1, 0.15) is 23.1 Å². The van der Waals surface area contributed by atoms with Gasteiger partial charge in [-0.05, 0) is 19.1 Å². The van der Waals surface area contributed by atoms with Crippen molar-refractivity contribution in [2.75, 3.05) is 17.2 Å². The maximum Gasteiger partial charge on any atom is 0.226 e. The second-order valence-corrected chi connectivity index (χ2v) is 4.28. The maximum absolute atomic E-state index is 13.7. The fourth-order valence-corrected chi connectivity index (χ4v) is 1.90. The van der Waals surface area contributed by atoms with Gasteiger partial charge in [0.05, 0.1) is 11.6 Å². The average molecular weight is 290 g/mol. The zero-order chi connectivity index (χ0) is 14.8. The van der Waals surface area contributed by atoms with Crippen LogP contribution in [0.15, 0.2) is 24.4 Å². The number of halogens is 2. The topological polar surface area (TPSA) is 78.5 Å². The Balaban J connectivity index is 2.09. The third-order valence-electron chi connectivity index (χ3n) is 2.85. The molecule has 0 amide bonds. The molecular formula is C13H12F2N6. The van der Waals surface area contributed by atoms with Crippen LogP contribution in [0.1, 0.15) is 6.92 Å². The molecule has 0 saturated carbocycles. The monoisotopic (exact) mass is 290 g/mol. The van der Waals surface area contributed by atoms with Crippen LogP contribution in [-0.2, 0) is 0 Å². The zero-order valence-electron chi connectivity index (χ0n) is 11.1. The highest BCUT2D eigenvalue weighted by atomic mass is 19.1.